The molecule has 0 aliphatic carbocycles. The Hall–Kier alpha value is -0.906. The van der Waals surface area contributed by atoms with Crippen molar-refractivity contribution in [1.29, 1.82) is 0 Å². The number of hydrogen-bond acceptors (Lipinski definition) is 1. The minimum atomic E-state index is -1.92. The van der Waals surface area contributed by atoms with E-state index in [1.807, 2.05) is 36.4 Å². The van der Waals surface area contributed by atoms with Crippen LogP contribution in [-0.4, -0.2) is 16.4 Å². The van der Waals surface area contributed by atoms with E-state index in [2.05, 4.69) is 17.9 Å². The van der Waals surface area contributed by atoms with Crippen molar-refractivity contribution < 1.29 is 28.4 Å². The Morgan fingerprint density at radius 1 is 0.964 bits per heavy atom. The van der Waals surface area contributed by atoms with Crippen molar-refractivity contribution in [3.63, 3.8) is 0 Å². The number of rotatable bonds is 4. The van der Waals surface area contributed by atoms with Gasteiger partial charge in [-0.3, -0.25) is 4.58 Å². The molecule has 28 heavy (non-hydrogen) atoms. The molecule has 0 saturated carbocycles. The van der Waals surface area contributed by atoms with Gasteiger partial charge >= 0.3 is 42.6 Å². The Bertz CT molecular complexity index is 955. The quantitative estimate of drug-likeness (QED) is 0.124. The molecular weight excluding hydrogens is 499 g/mol. The van der Waals surface area contributed by atoms with Gasteiger partial charge in [-0.15, -0.1) is 0 Å². The predicted molar refractivity (Wildman–Crippen MR) is 116 cm³/mol. The van der Waals surface area contributed by atoms with Gasteiger partial charge < -0.3 is 9.15 Å². The van der Waals surface area contributed by atoms with Crippen molar-refractivity contribution in [3.8, 4) is 17.1 Å². The third kappa shape index (κ3) is 6.57. The van der Waals surface area contributed by atoms with Crippen LogP contribution in [0.2, 0.25) is 10.0 Å². The van der Waals surface area contributed by atoms with Crippen LogP contribution in [0.25, 0.3) is 11.3 Å². The molecule has 0 spiro atoms. The Morgan fingerprint density at radius 3 is 2.14 bits per heavy atom. The third-order valence-corrected chi connectivity index (χ3v) is 4.09. The molecule has 1 N–H and O–H groups in total. The number of benzene rings is 2. The molecule has 9 heteroatoms. The Kier molecular flexibility index (Phi) is 8.98. The van der Waals surface area contributed by atoms with E-state index < -0.39 is 14.7 Å². The number of nitrogens with zero attached hydrogens (tertiary/aromatic N) is 1. The molecule has 0 bridgehead atoms. The molecule has 1 aromatic heterocycles. The maximum absolute atomic E-state index is 9.96. The molecule has 0 aliphatic rings. The van der Waals surface area contributed by atoms with Gasteiger partial charge in [0.25, 0.3) is 0 Å². The van der Waals surface area contributed by atoms with Gasteiger partial charge in [0.15, 0.2) is 11.4 Å². The van der Waals surface area contributed by atoms with Crippen molar-refractivity contribution >= 4 is 63.5 Å². The van der Waals surface area contributed by atoms with E-state index in [1.54, 1.807) is 18.7 Å². The summed E-state index contributed by atoms with van der Waals surface area (Å²) in [4.78, 5) is 0. The fourth-order valence-electron chi connectivity index (χ4n) is 2.36. The second-order valence-electron chi connectivity index (χ2n) is 5.44. The fourth-order valence-corrected chi connectivity index (χ4v) is 2.65. The second kappa shape index (κ2) is 10.8. The summed E-state index contributed by atoms with van der Waals surface area (Å²) in [5, 5.41) is 11.2. The van der Waals surface area contributed by atoms with Crippen LogP contribution in [0.3, 0.4) is 0 Å². The topological polar surface area (TPSA) is 25.9 Å². The van der Waals surface area contributed by atoms with Crippen LogP contribution in [0.4, 0.5) is 5.69 Å². The van der Waals surface area contributed by atoms with Gasteiger partial charge in [-0.25, -0.2) is 0 Å². The number of hydrogen-bond donors (Lipinski definition) is 1. The van der Waals surface area contributed by atoms with Crippen LogP contribution in [0.15, 0.2) is 58.6 Å². The summed E-state index contributed by atoms with van der Waals surface area (Å²) in [5.41, 5.74) is 1.47. The Balaban J connectivity index is 0.000000640. The fraction of sp³-hybridized carbons (Fsp3) is 0. The van der Waals surface area contributed by atoms with Gasteiger partial charge in [0, 0.05) is 15.6 Å². The van der Waals surface area contributed by atoms with E-state index in [4.69, 9.17) is 51.1 Å². The molecule has 0 radical (unpaired) electrons. The van der Waals surface area contributed by atoms with E-state index >= 15 is 0 Å². The zero-order chi connectivity index (χ0) is 20.8. The monoisotopic (exact) mass is 512 g/mol. The Labute approximate surface area is 191 Å². The van der Waals surface area contributed by atoms with Crippen molar-refractivity contribution in [2.45, 2.75) is 0 Å². The molecule has 0 fully saturated rings. The summed E-state index contributed by atoms with van der Waals surface area (Å²) in [5.74, 6) is 1.70. The zero-order valence-corrected chi connectivity index (χ0v) is 19.7. The summed E-state index contributed by atoms with van der Waals surface area (Å²) in [7, 11) is 18.9. The van der Waals surface area contributed by atoms with E-state index in [9.17, 15) is 5.11 Å². The molecule has 3 aromatic rings. The molecule has 0 saturated heterocycles. The summed E-state index contributed by atoms with van der Waals surface area (Å²) >= 11 is 9.99. The first kappa shape index (κ1) is 23.4. The van der Waals surface area contributed by atoms with E-state index in [0.29, 0.717) is 15.7 Å². The number of phenolic OH excluding ortho intramolecular Hbond substituents is 1. The molecule has 1 heterocycles. The number of phenols is 1. The summed E-state index contributed by atoms with van der Waals surface area (Å²) in [6, 6.07) is 16.1. The third-order valence-electron chi connectivity index (χ3n) is 3.61. The Morgan fingerprint density at radius 2 is 1.54 bits per heavy atom. The standard InChI is InChI=1S/C19H15Cl2NO2.3ClH.Ti/c1-22(17-11-15(21)7-9-18(17)23)12-16-8-10-19(24(16)2)13-3-5-14(20)6-4-13;;;;/h3-12,23H,1-2H2;3*1H;/q;;;;+3/p-3. The van der Waals surface area contributed by atoms with Crippen molar-refractivity contribution in [1.82, 2.24) is 0 Å². The molecule has 2 aromatic carbocycles. The van der Waals surface area contributed by atoms with Crippen LogP contribution < -0.4 is 0 Å². The van der Waals surface area contributed by atoms with Gasteiger partial charge in [-0.05, 0) is 30.3 Å². The molecule has 0 amide bonds. The summed E-state index contributed by atoms with van der Waals surface area (Å²) in [6.07, 6.45) is 0. The normalized spacial score (nSPS) is 10.0. The molecule has 3 nitrogen and oxygen atoms in total. The first-order valence-corrected chi connectivity index (χ1v) is 14.9. The average Bonchev–Trinajstić information content (AvgIpc) is 2.98. The van der Waals surface area contributed by atoms with Crippen molar-refractivity contribution in [2.24, 2.45) is 0 Å². The zero-order valence-electron chi connectivity index (χ0n) is 14.4. The molecular formula is C19H15Cl5NO2Ti. The average molecular weight is 514 g/mol. The predicted octanol–water partition coefficient (Wildman–Crippen LogP) is 7.91. The van der Waals surface area contributed by atoms with E-state index in [-0.39, 0.29) is 5.75 Å². The van der Waals surface area contributed by atoms with Crippen LogP contribution in [0.1, 0.15) is 5.76 Å². The summed E-state index contributed by atoms with van der Waals surface area (Å²) < 4.78 is 4.25. The first-order chi connectivity index (χ1) is 13.2. The van der Waals surface area contributed by atoms with Gasteiger partial charge in [-0.1, -0.05) is 47.5 Å². The molecule has 0 unspecified atom stereocenters. The number of furan rings is 1. The first-order valence-electron chi connectivity index (χ1n) is 7.67. The van der Waals surface area contributed by atoms with Gasteiger partial charge in [0.05, 0.1) is 13.8 Å². The van der Waals surface area contributed by atoms with Crippen LogP contribution >= 0.6 is 51.1 Å². The van der Waals surface area contributed by atoms with E-state index in [1.165, 1.54) is 10.6 Å². The van der Waals surface area contributed by atoms with Crippen LogP contribution in [-0.2, 0) is 14.7 Å². The molecule has 0 aliphatic heterocycles. The van der Waals surface area contributed by atoms with Crippen LogP contribution in [0, 0.1) is 13.7 Å². The van der Waals surface area contributed by atoms with E-state index in [0.717, 1.165) is 17.1 Å². The minimum absolute atomic E-state index is 0.0933. The summed E-state index contributed by atoms with van der Waals surface area (Å²) in [6.45, 7) is 5.67. The van der Waals surface area contributed by atoms with Crippen LogP contribution in [0.5, 0.6) is 5.75 Å². The van der Waals surface area contributed by atoms with Gasteiger partial charge in [-0.2, -0.15) is 0 Å². The molecule has 147 valence electrons. The number of aromatic hydroxyl groups is 1. The van der Waals surface area contributed by atoms with Crippen molar-refractivity contribution in [3.05, 3.63) is 84.1 Å². The van der Waals surface area contributed by atoms with Crippen molar-refractivity contribution in [2.75, 3.05) is 0 Å². The molecule has 3 rings (SSSR count). The maximum atomic E-state index is 9.96. The van der Waals surface area contributed by atoms with Gasteiger partial charge in [0.2, 0.25) is 0 Å². The number of halogens is 5. The SMILES string of the molecule is C=[N+]([CH-]c1ccc(-c2ccc(Cl)cc2)[o+]1[CH2-])c1cc(Cl)ccc1O.[Cl][Ti]([Cl])[Cl]. The molecule has 0 atom stereocenters. The second-order valence-corrected chi connectivity index (χ2v) is 14.1. The van der Waals surface area contributed by atoms with Gasteiger partial charge in [0.1, 0.15) is 18.1 Å².